The van der Waals surface area contributed by atoms with Crippen molar-refractivity contribution in [3.8, 4) is 22.8 Å². The Morgan fingerprint density at radius 2 is 1.76 bits per heavy atom. The van der Waals surface area contributed by atoms with E-state index in [1.165, 1.54) is 37.4 Å². The molecule has 5 rings (SSSR count). The first-order chi connectivity index (χ1) is 16.2. The van der Waals surface area contributed by atoms with E-state index in [-0.39, 0.29) is 5.91 Å². The highest BCUT2D eigenvalue weighted by atomic mass is 32.2. The summed E-state index contributed by atoms with van der Waals surface area (Å²) in [5.74, 6) is 2.86. The second-order valence-electron chi connectivity index (χ2n) is 8.84. The summed E-state index contributed by atoms with van der Waals surface area (Å²) in [6.07, 6.45) is 7.38. The number of amides is 1. The molecule has 172 valence electrons. The Bertz CT molecular complexity index is 1080. The summed E-state index contributed by atoms with van der Waals surface area (Å²) in [5.41, 5.74) is 1.93. The summed E-state index contributed by atoms with van der Waals surface area (Å²) in [6.45, 7) is 0.892. The van der Waals surface area contributed by atoms with Crippen LogP contribution in [0.5, 0.6) is 5.75 Å². The number of rotatable bonds is 6. The maximum atomic E-state index is 13.3. The number of carbonyl (C=O) groups excluding carboxylic acids is 1. The summed E-state index contributed by atoms with van der Waals surface area (Å²) in [7, 11) is 1.66. The van der Waals surface area contributed by atoms with Gasteiger partial charge >= 0.3 is 0 Å². The highest BCUT2D eigenvalue weighted by Gasteiger charge is 2.35. The highest BCUT2D eigenvalue weighted by Crippen LogP contribution is 2.36. The number of fused-ring (bicyclic) bond motifs is 1. The fraction of sp³-hybridized carbons (Fsp3) is 0.423. The average Bonchev–Trinajstić information content (AvgIpc) is 3.31. The molecule has 6 nitrogen and oxygen atoms in total. The van der Waals surface area contributed by atoms with Crippen LogP contribution in [0, 0.1) is 5.92 Å². The first-order valence-corrected chi connectivity index (χ1v) is 12.8. The SMILES string of the molecule is COc1ccc(-c2nnc(SCC(=O)N3CCCC4CCCCC43)n2-c2ccccc2)cc1. The van der Waals surface area contributed by atoms with Gasteiger partial charge in [-0.3, -0.25) is 9.36 Å². The molecule has 2 atom stereocenters. The molecule has 1 aromatic heterocycles. The second kappa shape index (κ2) is 10.00. The number of aromatic nitrogens is 3. The number of methoxy groups -OCH3 is 1. The standard InChI is InChI=1S/C26H30N4O2S/c1-32-22-15-13-20(14-16-22)25-27-28-26(30(25)21-10-3-2-4-11-21)33-18-24(31)29-17-7-9-19-8-5-6-12-23(19)29/h2-4,10-11,13-16,19,23H,5-9,12,17-18H2,1H3. The summed E-state index contributed by atoms with van der Waals surface area (Å²) in [4.78, 5) is 15.4. The largest absolute Gasteiger partial charge is 0.497 e. The number of ether oxygens (including phenoxy) is 1. The minimum atomic E-state index is 0.227. The van der Waals surface area contributed by atoms with Gasteiger partial charge in [0.05, 0.1) is 12.9 Å². The van der Waals surface area contributed by atoms with Crippen LogP contribution in [0.1, 0.15) is 38.5 Å². The van der Waals surface area contributed by atoms with E-state index in [0.29, 0.717) is 17.7 Å². The quantitative estimate of drug-likeness (QED) is 0.470. The third-order valence-corrected chi connectivity index (χ3v) is 7.80. The minimum absolute atomic E-state index is 0.227. The number of hydrogen-bond donors (Lipinski definition) is 0. The van der Waals surface area contributed by atoms with Gasteiger partial charge in [-0.15, -0.1) is 10.2 Å². The van der Waals surface area contributed by atoms with E-state index >= 15 is 0 Å². The van der Waals surface area contributed by atoms with Crippen LogP contribution in [0.2, 0.25) is 0 Å². The lowest BCUT2D eigenvalue weighted by Crippen LogP contribution is -2.50. The summed E-state index contributed by atoms with van der Waals surface area (Å²) in [6, 6.07) is 18.3. The summed E-state index contributed by atoms with van der Waals surface area (Å²) < 4.78 is 7.34. The van der Waals surface area contributed by atoms with Crippen molar-refractivity contribution in [2.45, 2.75) is 49.7 Å². The van der Waals surface area contributed by atoms with Gasteiger partial charge in [-0.05, 0) is 68.0 Å². The molecule has 2 unspecified atom stereocenters. The zero-order valence-corrected chi connectivity index (χ0v) is 19.8. The fourth-order valence-electron chi connectivity index (χ4n) is 5.24. The normalized spacial score (nSPS) is 20.3. The molecule has 0 radical (unpaired) electrons. The molecule has 1 saturated carbocycles. The molecule has 7 heteroatoms. The Hall–Kier alpha value is -2.80. The predicted molar refractivity (Wildman–Crippen MR) is 131 cm³/mol. The zero-order chi connectivity index (χ0) is 22.6. The Kier molecular flexibility index (Phi) is 6.67. The van der Waals surface area contributed by atoms with E-state index in [1.54, 1.807) is 7.11 Å². The van der Waals surface area contributed by atoms with Crippen LogP contribution in [0.3, 0.4) is 0 Å². The maximum absolute atomic E-state index is 13.3. The van der Waals surface area contributed by atoms with Crippen molar-refractivity contribution >= 4 is 17.7 Å². The van der Waals surface area contributed by atoms with Crippen molar-refractivity contribution in [2.24, 2.45) is 5.92 Å². The van der Waals surface area contributed by atoms with Gasteiger partial charge in [0.1, 0.15) is 5.75 Å². The van der Waals surface area contributed by atoms with Crippen molar-refractivity contribution in [1.29, 1.82) is 0 Å². The topological polar surface area (TPSA) is 60.3 Å². The number of para-hydroxylation sites is 1. The van der Waals surface area contributed by atoms with Crippen LogP contribution in [0.25, 0.3) is 17.1 Å². The third-order valence-electron chi connectivity index (χ3n) is 6.88. The lowest BCUT2D eigenvalue weighted by molar-refractivity contribution is -0.134. The van der Waals surface area contributed by atoms with Crippen molar-refractivity contribution in [3.63, 3.8) is 0 Å². The van der Waals surface area contributed by atoms with E-state index in [0.717, 1.165) is 47.4 Å². The van der Waals surface area contributed by atoms with Crippen LogP contribution < -0.4 is 4.74 Å². The van der Waals surface area contributed by atoms with Gasteiger partial charge in [-0.2, -0.15) is 0 Å². The van der Waals surface area contributed by atoms with Crippen LogP contribution in [-0.2, 0) is 4.79 Å². The first-order valence-electron chi connectivity index (χ1n) is 11.8. The number of piperidine rings is 1. The van der Waals surface area contributed by atoms with Gasteiger partial charge in [0.2, 0.25) is 5.91 Å². The van der Waals surface area contributed by atoms with Crippen molar-refractivity contribution in [3.05, 3.63) is 54.6 Å². The van der Waals surface area contributed by atoms with Crippen LogP contribution in [0.15, 0.2) is 59.8 Å². The minimum Gasteiger partial charge on any atom is -0.497 e. The van der Waals surface area contributed by atoms with Gasteiger partial charge in [0, 0.05) is 23.8 Å². The van der Waals surface area contributed by atoms with Gasteiger partial charge in [-0.1, -0.05) is 42.8 Å². The number of likely N-dealkylation sites (tertiary alicyclic amines) is 1. The molecule has 3 aromatic rings. The van der Waals surface area contributed by atoms with Crippen LogP contribution >= 0.6 is 11.8 Å². The molecule has 1 aliphatic heterocycles. The molecule has 2 heterocycles. The molecular formula is C26H30N4O2S. The number of benzene rings is 2. The number of nitrogens with zero attached hydrogens (tertiary/aromatic N) is 4. The highest BCUT2D eigenvalue weighted by molar-refractivity contribution is 7.99. The molecule has 1 aliphatic carbocycles. The van der Waals surface area contributed by atoms with E-state index < -0.39 is 0 Å². The van der Waals surface area contributed by atoms with Gasteiger partial charge < -0.3 is 9.64 Å². The number of thioether (sulfide) groups is 1. The van der Waals surface area contributed by atoms with Gasteiger partial charge in [0.25, 0.3) is 0 Å². The summed E-state index contributed by atoms with van der Waals surface area (Å²) in [5, 5.41) is 9.72. The molecular weight excluding hydrogens is 432 g/mol. The van der Waals surface area contributed by atoms with Crippen LogP contribution in [0.4, 0.5) is 0 Å². The summed E-state index contributed by atoms with van der Waals surface area (Å²) >= 11 is 1.48. The maximum Gasteiger partial charge on any atom is 0.233 e. The zero-order valence-electron chi connectivity index (χ0n) is 19.0. The second-order valence-corrected chi connectivity index (χ2v) is 9.78. The predicted octanol–water partition coefficient (Wildman–Crippen LogP) is 5.22. The number of carbonyl (C=O) groups is 1. The smallest absolute Gasteiger partial charge is 0.233 e. The first kappa shape index (κ1) is 22.0. The Balaban J connectivity index is 1.38. The van der Waals surface area contributed by atoms with E-state index in [4.69, 9.17) is 4.74 Å². The molecule has 2 fully saturated rings. The van der Waals surface area contributed by atoms with Gasteiger partial charge in [0.15, 0.2) is 11.0 Å². The van der Waals surface area contributed by atoms with E-state index in [9.17, 15) is 4.79 Å². The van der Waals surface area contributed by atoms with Crippen LogP contribution in [-0.4, -0.2) is 51.0 Å². The Labute approximate surface area is 199 Å². The monoisotopic (exact) mass is 462 g/mol. The molecule has 0 bridgehead atoms. The Morgan fingerprint density at radius 3 is 2.55 bits per heavy atom. The molecule has 1 amide bonds. The molecule has 0 N–H and O–H groups in total. The fourth-order valence-corrected chi connectivity index (χ4v) is 6.08. The van der Waals surface area contributed by atoms with Gasteiger partial charge in [-0.25, -0.2) is 0 Å². The third kappa shape index (κ3) is 4.64. The van der Waals surface area contributed by atoms with E-state index in [1.807, 2.05) is 59.2 Å². The van der Waals surface area contributed by atoms with E-state index in [2.05, 4.69) is 15.1 Å². The molecule has 2 aromatic carbocycles. The van der Waals surface area contributed by atoms with Crippen molar-refractivity contribution in [1.82, 2.24) is 19.7 Å². The Morgan fingerprint density at radius 1 is 1.00 bits per heavy atom. The molecule has 1 saturated heterocycles. The van der Waals surface area contributed by atoms with Crippen molar-refractivity contribution in [2.75, 3.05) is 19.4 Å². The average molecular weight is 463 g/mol. The molecule has 0 spiro atoms. The number of hydrogen-bond acceptors (Lipinski definition) is 5. The van der Waals surface area contributed by atoms with Crippen molar-refractivity contribution < 1.29 is 9.53 Å². The molecule has 33 heavy (non-hydrogen) atoms. The lowest BCUT2D eigenvalue weighted by Gasteiger charge is -2.44. The molecule has 2 aliphatic rings. The lowest BCUT2D eigenvalue weighted by atomic mass is 9.78.